The predicted octanol–water partition coefficient (Wildman–Crippen LogP) is 2.31. The van der Waals surface area contributed by atoms with Gasteiger partial charge in [-0.3, -0.25) is 0 Å². The molecule has 0 bridgehead atoms. The van der Waals surface area contributed by atoms with Crippen LogP contribution in [0.15, 0.2) is 35.4 Å². The smallest absolute Gasteiger partial charge is 0.0314 e. The SMILES string of the molecule is C/C(N)=C/S.Cc1ccc(N)cc1. The maximum atomic E-state index is 5.43. The van der Waals surface area contributed by atoms with Gasteiger partial charge in [0.1, 0.15) is 0 Å². The molecule has 0 aliphatic rings. The molecule has 0 spiro atoms. The van der Waals surface area contributed by atoms with E-state index in [2.05, 4.69) is 12.6 Å². The topological polar surface area (TPSA) is 52.0 Å². The number of anilines is 1. The zero-order valence-corrected chi connectivity index (χ0v) is 8.88. The van der Waals surface area contributed by atoms with Crippen molar-refractivity contribution in [2.45, 2.75) is 13.8 Å². The van der Waals surface area contributed by atoms with Crippen molar-refractivity contribution in [1.82, 2.24) is 0 Å². The highest BCUT2D eigenvalue weighted by atomic mass is 32.1. The molecule has 1 aromatic rings. The zero-order chi connectivity index (χ0) is 10.3. The molecule has 0 radical (unpaired) electrons. The highest BCUT2D eigenvalue weighted by molar-refractivity contribution is 7.83. The van der Waals surface area contributed by atoms with Gasteiger partial charge in [0.2, 0.25) is 0 Å². The second kappa shape index (κ2) is 6.43. The first-order valence-corrected chi connectivity index (χ1v) is 4.46. The van der Waals surface area contributed by atoms with Crippen LogP contribution in [0.25, 0.3) is 0 Å². The van der Waals surface area contributed by atoms with Crippen molar-refractivity contribution in [3.8, 4) is 0 Å². The molecule has 0 fully saturated rings. The second-order valence-corrected chi connectivity index (χ2v) is 3.04. The van der Waals surface area contributed by atoms with Crippen LogP contribution in [0.5, 0.6) is 0 Å². The Kier molecular flexibility index (Phi) is 5.89. The number of nitrogens with two attached hydrogens (primary N) is 2. The third-order valence-corrected chi connectivity index (χ3v) is 1.69. The molecule has 0 amide bonds. The van der Waals surface area contributed by atoms with Gasteiger partial charge in [0.15, 0.2) is 0 Å². The van der Waals surface area contributed by atoms with E-state index in [1.54, 1.807) is 12.3 Å². The molecule has 13 heavy (non-hydrogen) atoms. The van der Waals surface area contributed by atoms with E-state index in [1.165, 1.54) is 5.56 Å². The molecule has 0 saturated carbocycles. The van der Waals surface area contributed by atoms with Gasteiger partial charge in [0, 0.05) is 11.4 Å². The Morgan fingerprint density at radius 1 is 1.31 bits per heavy atom. The molecule has 3 heteroatoms. The maximum absolute atomic E-state index is 5.43. The predicted molar refractivity (Wildman–Crippen MR) is 62.5 cm³/mol. The number of hydrogen-bond donors (Lipinski definition) is 3. The summed E-state index contributed by atoms with van der Waals surface area (Å²) in [6.45, 7) is 3.83. The van der Waals surface area contributed by atoms with Gasteiger partial charge in [-0.1, -0.05) is 17.7 Å². The van der Waals surface area contributed by atoms with Crippen molar-refractivity contribution in [1.29, 1.82) is 0 Å². The van der Waals surface area contributed by atoms with E-state index in [0.717, 1.165) is 11.4 Å². The van der Waals surface area contributed by atoms with Crippen LogP contribution in [-0.2, 0) is 0 Å². The monoisotopic (exact) mass is 196 g/mol. The van der Waals surface area contributed by atoms with Gasteiger partial charge in [0.25, 0.3) is 0 Å². The van der Waals surface area contributed by atoms with Crippen LogP contribution in [0, 0.1) is 6.92 Å². The first-order valence-electron chi connectivity index (χ1n) is 3.95. The van der Waals surface area contributed by atoms with Crippen molar-refractivity contribution in [2.24, 2.45) is 5.73 Å². The summed E-state index contributed by atoms with van der Waals surface area (Å²) in [4.78, 5) is 0. The molecule has 0 aliphatic carbocycles. The molecule has 0 atom stereocenters. The standard InChI is InChI=1S/C7H9N.C3H7NS/c1-6-2-4-7(8)5-3-6;1-3(4)2-5/h2-5H,8H2,1H3;2,5H,4H2,1H3/b;3-2-. The Morgan fingerprint density at radius 3 is 1.92 bits per heavy atom. The van der Waals surface area contributed by atoms with E-state index in [-0.39, 0.29) is 0 Å². The number of hydrogen-bond acceptors (Lipinski definition) is 3. The van der Waals surface area contributed by atoms with Crippen LogP contribution >= 0.6 is 12.6 Å². The largest absolute Gasteiger partial charge is 0.402 e. The summed E-state index contributed by atoms with van der Waals surface area (Å²) < 4.78 is 0. The van der Waals surface area contributed by atoms with E-state index in [1.807, 2.05) is 31.2 Å². The number of nitrogen functional groups attached to an aromatic ring is 1. The number of rotatable bonds is 0. The van der Waals surface area contributed by atoms with Crippen LogP contribution in [0.1, 0.15) is 12.5 Å². The third-order valence-electron chi connectivity index (χ3n) is 1.28. The molecule has 0 unspecified atom stereocenters. The maximum Gasteiger partial charge on any atom is 0.0314 e. The number of benzene rings is 1. The number of aryl methyl sites for hydroxylation is 1. The summed E-state index contributed by atoms with van der Waals surface area (Å²) in [5, 5.41) is 1.56. The normalized spacial score (nSPS) is 10.2. The fraction of sp³-hybridized carbons (Fsp3) is 0.200. The highest BCUT2D eigenvalue weighted by Gasteiger charge is 1.80. The minimum atomic E-state index is 0.744. The summed E-state index contributed by atoms with van der Waals surface area (Å²) in [7, 11) is 0. The summed E-state index contributed by atoms with van der Waals surface area (Å²) in [5.41, 5.74) is 13.3. The average molecular weight is 196 g/mol. The first-order chi connectivity index (χ1) is 6.06. The lowest BCUT2D eigenvalue weighted by molar-refractivity contribution is 1.33. The van der Waals surface area contributed by atoms with Crippen molar-refractivity contribution >= 4 is 18.3 Å². The van der Waals surface area contributed by atoms with E-state index in [0.29, 0.717) is 0 Å². The lowest BCUT2D eigenvalue weighted by atomic mass is 10.2. The van der Waals surface area contributed by atoms with Crippen molar-refractivity contribution in [3.05, 3.63) is 40.9 Å². The van der Waals surface area contributed by atoms with E-state index in [9.17, 15) is 0 Å². The Balaban J connectivity index is 0.000000252. The molecule has 0 heterocycles. The van der Waals surface area contributed by atoms with Gasteiger partial charge in [-0.2, -0.15) is 0 Å². The second-order valence-electron chi connectivity index (χ2n) is 2.78. The van der Waals surface area contributed by atoms with Gasteiger partial charge in [-0.05, 0) is 31.4 Å². The Labute approximate surface area is 85.0 Å². The van der Waals surface area contributed by atoms with Crippen LogP contribution in [0.4, 0.5) is 5.69 Å². The Bertz CT molecular complexity index is 240. The summed E-state index contributed by atoms with van der Waals surface area (Å²) in [5.74, 6) is 0. The fourth-order valence-electron chi connectivity index (χ4n) is 0.566. The van der Waals surface area contributed by atoms with Crippen molar-refractivity contribution in [2.75, 3.05) is 5.73 Å². The van der Waals surface area contributed by atoms with Crippen LogP contribution in [0.3, 0.4) is 0 Å². The molecular formula is C10H16N2S. The molecule has 2 nitrogen and oxygen atoms in total. The quantitative estimate of drug-likeness (QED) is 0.440. The minimum Gasteiger partial charge on any atom is -0.402 e. The molecule has 0 aliphatic heterocycles. The van der Waals surface area contributed by atoms with E-state index < -0.39 is 0 Å². The molecule has 0 saturated heterocycles. The summed E-state index contributed by atoms with van der Waals surface area (Å²) in [6.07, 6.45) is 0. The third kappa shape index (κ3) is 7.28. The van der Waals surface area contributed by atoms with Crippen molar-refractivity contribution < 1.29 is 0 Å². The van der Waals surface area contributed by atoms with Gasteiger partial charge < -0.3 is 11.5 Å². The zero-order valence-electron chi connectivity index (χ0n) is 7.99. The van der Waals surface area contributed by atoms with Crippen LogP contribution in [0.2, 0.25) is 0 Å². The molecule has 1 rings (SSSR count). The van der Waals surface area contributed by atoms with Gasteiger partial charge in [-0.25, -0.2) is 0 Å². The lowest BCUT2D eigenvalue weighted by Crippen LogP contribution is -1.85. The molecule has 4 N–H and O–H groups in total. The first kappa shape index (κ1) is 11.9. The summed E-state index contributed by atoms with van der Waals surface area (Å²) in [6, 6.07) is 7.79. The molecule has 72 valence electrons. The Morgan fingerprint density at radius 2 is 1.69 bits per heavy atom. The summed E-state index contributed by atoms with van der Waals surface area (Å²) >= 11 is 3.73. The Hall–Kier alpha value is -1.09. The molecule has 0 aromatic heterocycles. The lowest BCUT2D eigenvalue weighted by Gasteiger charge is -1.90. The number of thiol groups is 1. The molecule has 1 aromatic carbocycles. The van der Waals surface area contributed by atoms with Gasteiger partial charge in [-0.15, -0.1) is 12.6 Å². The van der Waals surface area contributed by atoms with Crippen molar-refractivity contribution in [3.63, 3.8) is 0 Å². The highest BCUT2D eigenvalue weighted by Crippen LogP contribution is 2.02. The average Bonchev–Trinajstić information content (AvgIpc) is 2.11. The minimum absolute atomic E-state index is 0.744. The van der Waals surface area contributed by atoms with E-state index >= 15 is 0 Å². The fourth-order valence-corrected chi connectivity index (χ4v) is 0.566. The van der Waals surface area contributed by atoms with E-state index in [4.69, 9.17) is 11.5 Å². The van der Waals surface area contributed by atoms with Crippen LogP contribution < -0.4 is 11.5 Å². The number of allylic oxidation sites excluding steroid dienone is 1. The molecular weight excluding hydrogens is 180 g/mol. The van der Waals surface area contributed by atoms with Gasteiger partial charge >= 0.3 is 0 Å². The van der Waals surface area contributed by atoms with Gasteiger partial charge in [0.05, 0.1) is 0 Å². The van der Waals surface area contributed by atoms with Crippen LogP contribution in [-0.4, -0.2) is 0 Å².